The lowest BCUT2D eigenvalue weighted by atomic mass is 10.2. The maximum atomic E-state index is 5.20. The van der Waals surface area contributed by atoms with E-state index in [0.717, 1.165) is 22.7 Å². The fraction of sp³-hybridized carbons (Fsp3) is 0.133. The van der Waals surface area contributed by atoms with E-state index in [9.17, 15) is 0 Å². The molecule has 3 heteroatoms. The number of benzene rings is 2. The Hall–Kier alpha value is -2.29. The van der Waals surface area contributed by atoms with E-state index < -0.39 is 0 Å². The molecule has 0 bridgehead atoms. The van der Waals surface area contributed by atoms with Gasteiger partial charge in [-0.2, -0.15) is 0 Å². The number of hydrogen-bond acceptors (Lipinski definition) is 3. The number of nitrogens with zero attached hydrogens (tertiary/aromatic N) is 1. The third-order valence-corrected chi connectivity index (χ3v) is 2.50. The lowest BCUT2D eigenvalue weighted by Gasteiger charge is -2.05. The smallest absolute Gasteiger partial charge is 0.124 e. The first kappa shape index (κ1) is 12.2. The van der Waals surface area contributed by atoms with Crippen molar-refractivity contribution >= 4 is 11.9 Å². The molecule has 0 aliphatic heterocycles. The van der Waals surface area contributed by atoms with Gasteiger partial charge in [-0.05, 0) is 5.56 Å². The van der Waals surface area contributed by atoms with E-state index in [0.29, 0.717) is 0 Å². The molecule has 2 aromatic carbocycles. The third-order valence-electron chi connectivity index (χ3n) is 2.50. The van der Waals surface area contributed by atoms with Crippen LogP contribution in [0.5, 0.6) is 11.5 Å². The van der Waals surface area contributed by atoms with E-state index in [2.05, 4.69) is 4.99 Å². The predicted molar refractivity (Wildman–Crippen MR) is 73.2 cm³/mol. The molecule has 0 amide bonds. The van der Waals surface area contributed by atoms with Crippen molar-refractivity contribution in [1.82, 2.24) is 0 Å². The van der Waals surface area contributed by atoms with Gasteiger partial charge in [0.1, 0.15) is 11.5 Å². The number of aliphatic imine (C=N–C) groups is 1. The summed E-state index contributed by atoms with van der Waals surface area (Å²) in [7, 11) is 3.25. The fourth-order valence-corrected chi connectivity index (χ4v) is 1.56. The molecule has 92 valence electrons. The molecule has 0 aliphatic carbocycles. The van der Waals surface area contributed by atoms with Gasteiger partial charge in [0.25, 0.3) is 0 Å². The summed E-state index contributed by atoms with van der Waals surface area (Å²) in [5.41, 5.74) is 1.86. The summed E-state index contributed by atoms with van der Waals surface area (Å²) < 4.78 is 10.4. The molecular weight excluding hydrogens is 226 g/mol. The maximum Gasteiger partial charge on any atom is 0.124 e. The van der Waals surface area contributed by atoms with Gasteiger partial charge in [-0.15, -0.1) is 0 Å². The van der Waals surface area contributed by atoms with Gasteiger partial charge in [0.15, 0.2) is 0 Å². The maximum absolute atomic E-state index is 5.20. The molecule has 0 fully saturated rings. The Balaban J connectivity index is 2.25. The molecule has 18 heavy (non-hydrogen) atoms. The Bertz CT molecular complexity index is 513. The Morgan fingerprint density at radius 2 is 1.50 bits per heavy atom. The second-order valence-electron chi connectivity index (χ2n) is 3.74. The third kappa shape index (κ3) is 3.10. The van der Waals surface area contributed by atoms with Gasteiger partial charge in [0.05, 0.1) is 19.9 Å². The standard InChI is InChI=1S/C15H15NO2/c1-17-14-8-13(9-15(10-14)18-2)16-11-12-6-4-3-5-7-12/h3-11H,1-2H3. The minimum absolute atomic E-state index is 0.731. The van der Waals surface area contributed by atoms with Crippen LogP contribution < -0.4 is 9.47 Å². The van der Waals surface area contributed by atoms with Crippen LogP contribution in [-0.4, -0.2) is 20.4 Å². The van der Waals surface area contributed by atoms with Gasteiger partial charge in [-0.3, -0.25) is 4.99 Å². The van der Waals surface area contributed by atoms with Gasteiger partial charge in [0, 0.05) is 24.4 Å². The summed E-state index contributed by atoms with van der Waals surface area (Å²) in [6.45, 7) is 0. The zero-order valence-electron chi connectivity index (χ0n) is 10.5. The number of methoxy groups -OCH3 is 2. The molecule has 0 atom stereocenters. The van der Waals surface area contributed by atoms with Crippen molar-refractivity contribution in [1.29, 1.82) is 0 Å². The van der Waals surface area contributed by atoms with Gasteiger partial charge in [0.2, 0.25) is 0 Å². The largest absolute Gasteiger partial charge is 0.497 e. The highest BCUT2D eigenvalue weighted by atomic mass is 16.5. The molecule has 0 radical (unpaired) electrons. The molecule has 0 aromatic heterocycles. The average molecular weight is 241 g/mol. The molecule has 0 saturated heterocycles. The van der Waals surface area contributed by atoms with Crippen LogP contribution in [0.4, 0.5) is 5.69 Å². The molecule has 0 spiro atoms. The highest BCUT2D eigenvalue weighted by Gasteiger charge is 1.99. The lowest BCUT2D eigenvalue weighted by Crippen LogP contribution is -1.86. The van der Waals surface area contributed by atoms with Crippen molar-refractivity contribution in [3.05, 3.63) is 54.1 Å². The van der Waals surface area contributed by atoms with E-state index in [1.807, 2.05) is 54.7 Å². The quantitative estimate of drug-likeness (QED) is 0.767. The minimum Gasteiger partial charge on any atom is -0.497 e. The van der Waals surface area contributed by atoms with Crippen molar-refractivity contribution in [2.45, 2.75) is 0 Å². The Morgan fingerprint density at radius 3 is 2.06 bits per heavy atom. The predicted octanol–water partition coefficient (Wildman–Crippen LogP) is 3.45. The second-order valence-corrected chi connectivity index (χ2v) is 3.74. The minimum atomic E-state index is 0.731. The van der Waals surface area contributed by atoms with Crippen LogP contribution in [-0.2, 0) is 0 Å². The first-order valence-electron chi connectivity index (χ1n) is 5.64. The monoisotopic (exact) mass is 241 g/mol. The van der Waals surface area contributed by atoms with Crippen LogP contribution in [0.25, 0.3) is 0 Å². The van der Waals surface area contributed by atoms with Crippen molar-refractivity contribution in [2.24, 2.45) is 4.99 Å². The number of rotatable bonds is 4. The van der Waals surface area contributed by atoms with Crippen molar-refractivity contribution in [3.63, 3.8) is 0 Å². The number of ether oxygens (including phenoxy) is 2. The molecule has 3 nitrogen and oxygen atoms in total. The van der Waals surface area contributed by atoms with Crippen molar-refractivity contribution in [3.8, 4) is 11.5 Å². The molecule has 2 aromatic rings. The molecule has 0 aliphatic rings. The summed E-state index contributed by atoms with van der Waals surface area (Å²) in [6.07, 6.45) is 1.81. The summed E-state index contributed by atoms with van der Waals surface area (Å²) in [6, 6.07) is 15.5. The van der Waals surface area contributed by atoms with Crippen LogP contribution in [0, 0.1) is 0 Å². The Morgan fingerprint density at radius 1 is 0.889 bits per heavy atom. The lowest BCUT2D eigenvalue weighted by molar-refractivity contribution is 0.394. The zero-order valence-corrected chi connectivity index (χ0v) is 10.5. The molecule has 0 unspecified atom stereocenters. The fourth-order valence-electron chi connectivity index (χ4n) is 1.56. The first-order valence-corrected chi connectivity index (χ1v) is 5.64. The Kier molecular flexibility index (Phi) is 3.97. The van der Waals surface area contributed by atoms with Gasteiger partial charge in [-0.25, -0.2) is 0 Å². The summed E-state index contributed by atoms with van der Waals surface area (Å²) in [4.78, 5) is 4.41. The Labute approximate surface area is 107 Å². The summed E-state index contributed by atoms with van der Waals surface area (Å²) >= 11 is 0. The van der Waals surface area contributed by atoms with Crippen LogP contribution >= 0.6 is 0 Å². The van der Waals surface area contributed by atoms with Crippen molar-refractivity contribution < 1.29 is 9.47 Å². The summed E-state index contributed by atoms with van der Waals surface area (Å²) in [5, 5.41) is 0. The van der Waals surface area contributed by atoms with Crippen LogP contribution in [0.3, 0.4) is 0 Å². The average Bonchev–Trinajstić information content (AvgIpc) is 2.45. The molecule has 0 N–H and O–H groups in total. The number of hydrogen-bond donors (Lipinski definition) is 0. The van der Waals surface area contributed by atoms with Gasteiger partial charge >= 0.3 is 0 Å². The molecule has 0 heterocycles. The molecule has 0 saturated carbocycles. The van der Waals surface area contributed by atoms with Gasteiger partial charge < -0.3 is 9.47 Å². The zero-order chi connectivity index (χ0) is 12.8. The van der Waals surface area contributed by atoms with Crippen molar-refractivity contribution in [2.75, 3.05) is 14.2 Å². The molecule has 2 rings (SSSR count). The second kappa shape index (κ2) is 5.87. The van der Waals surface area contributed by atoms with Crippen LogP contribution in [0.2, 0.25) is 0 Å². The van der Waals surface area contributed by atoms with Gasteiger partial charge in [-0.1, -0.05) is 30.3 Å². The SMILES string of the molecule is COc1cc(N=Cc2ccccc2)cc(OC)c1. The highest BCUT2D eigenvalue weighted by molar-refractivity contribution is 5.82. The van der Waals surface area contributed by atoms with E-state index in [1.54, 1.807) is 14.2 Å². The van der Waals surface area contributed by atoms with Crippen LogP contribution in [0.15, 0.2) is 53.5 Å². The summed E-state index contributed by atoms with van der Waals surface area (Å²) in [5.74, 6) is 1.46. The van der Waals surface area contributed by atoms with E-state index in [4.69, 9.17) is 9.47 Å². The molecular formula is C15H15NO2. The highest BCUT2D eigenvalue weighted by Crippen LogP contribution is 2.27. The van der Waals surface area contributed by atoms with Crippen LogP contribution in [0.1, 0.15) is 5.56 Å². The topological polar surface area (TPSA) is 30.8 Å². The van der Waals surface area contributed by atoms with E-state index in [-0.39, 0.29) is 0 Å². The van der Waals surface area contributed by atoms with E-state index >= 15 is 0 Å². The first-order chi connectivity index (χ1) is 8.81. The van der Waals surface area contributed by atoms with E-state index in [1.165, 1.54) is 0 Å². The normalized spacial score (nSPS) is 10.6.